The van der Waals surface area contributed by atoms with Crippen LogP contribution < -0.4 is 11.1 Å². The first-order valence-electron chi connectivity index (χ1n) is 10.9. The number of aromatic nitrogens is 1. The number of amides is 2. The maximum Gasteiger partial charge on any atom is 0.352 e. The van der Waals surface area contributed by atoms with Gasteiger partial charge in [-0.25, -0.2) is 13.8 Å². The number of carbonyl (C=O) groups is 2. The summed E-state index contributed by atoms with van der Waals surface area (Å²) in [5.41, 5.74) is 5.56. The molecule has 2 atom stereocenters. The molecular weight excluding hydrogens is 484 g/mol. The minimum atomic E-state index is -4.21. The van der Waals surface area contributed by atoms with E-state index < -0.39 is 47.0 Å². The van der Waals surface area contributed by atoms with Crippen LogP contribution in [-0.4, -0.2) is 27.7 Å². The standard InChI is InChI=1S/C24H20F4N4O2S/c1-11-8-13(3-6-16(11)25)30-21(33)12-2-5-17(26)15(9-12)24(27,28)22(34)32-14-4-7-19(32)20-18(10-14)31-23(29)35-20/h2-3,5-6,8-9,14,19H,4,7,10H2,1H3,(H2,29,31)(H,30,33). The Balaban J connectivity index is 1.43. The first kappa shape index (κ1) is 23.3. The largest absolute Gasteiger partial charge is 0.375 e. The fourth-order valence-electron chi connectivity index (χ4n) is 4.77. The second kappa shape index (κ2) is 8.33. The number of nitrogens with one attached hydrogen (secondary N) is 1. The van der Waals surface area contributed by atoms with Crippen LogP contribution in [0.25, 0.3) is 0 Å². The van der Waals surface area contributed by atoms with Gasteiger partial charge in [0.05, 0.1) is 22.2 Å². The van der Waals surface area contributed by atoms with E-state index in [0.29, 0.717) is 41.0 Å². The Morgan fingerprint density at radius 2 is 1.89 bits per heavy atom. The molecule has 2 amide bonds. The molecule has 2 bridgehead atoms. The number of carbonyl (C=O) groups excluding carboxylic acids is 2. The van der Waals surface area contributed by atoms with E-state index in [-0.39, 0.29) is 16.8 Å². The second-order valence-corrected chi connectivity index (χ2v) is 9.78. The highest BCUT2D eigenvalue weighted by atomic mass is 32.1. The number of rotatable bonds is 4. The van der Waals surface area contributed by atoms with Crippen LogP contribution in [-0.2, 0) is 17.1 Å². The zero-order valence-corrected chi connectivity index (χ0v) is 19.3. The van der Waals surface area contributed by atoms with Crippen LogP contribution in [0.15, 0.2) is 36.4 Å². The zero-order chi connectivity index (χ0) is 25.1. The van der Waals surface area contributed by atoms with Gasteiger partial charge in [0.15, 0.2) is 5.13 Å². The van der Waals surface area contributed by atoms with Crippen molar-refractivity contribution in [2.45, 2.75) is 44.2 Å². The van der Waals surface area contributed by atoms with E-state index in [1.165, 1.54) is 30.4 Å². The van der Waals surface area contributed by atoms with Gasteiger partial charge < -0.3 is 16.0 Å². The SMILES string of the molecule is Cc1cc(NC(=O)c2ccc(F)c(C(F)(F)C(=O)N3C4CCC3c3sc(N)nc3C4)c2)ccc1F. The molecule has 1 fully saturated rings. The van der Waals surface area contributed by atoms with Crippen LogP contribution in [0.2, 0.25) is 0 Å². The molecule has 1 aromatic heterocycles. The molecular formula is C24H20F4N4O2S. The Morgan fingerprint density at radius 1 is 1.14 bits per heavy atom. The molecule has 2 aromatic carbocycles. The Morgan fingerprint density at radius 3 is 2.63 bits per heavy atom. The summed E-state index contributed by atoms with van der Waals surface area (Å²) in [7, 11) is 0. The highest BCUT2D eigenvalue weighted by Crippen LogP contribution is 2.49. The highest BCUT2D eigenvalue weighted by Gasteiger charge is 2.54. The van der Waals surface area contributed by atoms with Crippen molar-refractivity contribution in [1.82, 2.24) is 9.88 Å². The van der Waals surface area contributed by atoms with Gasteiger partial charge in [0, 0.05) is 23.7 Å². The number of alkyl halides is 2. The summed E-state index contributed by atoms with van der Waals surface area (Å²) >= 11 is 1.17. The van der Waals surface area contributed by atoms with Gasteiger partial charge in [-0.05, 0) is 61.7 Å². The van der Waals surface area contributed by atoms with Crippen LogP contribution in [0.5, 0.6) is 0 Å². The van der Waals surface area contributed by atoms with Gasteiger partial charge in [0.1, 0.15) is 11.6 Å². The number of anilines is 2. The molecule has 2 aliphatic heterocycles. The Labute approximate surface area is 201 Å². The van der Waals surface area contributed by atoms with E-state index in [1.54, 1.807) is 0 Å². The van der Waals surface area contributed by atoms with E-state index in [2.05, 4.69) is 10.3 Å². The molecule has 1 saturated heterocycles. The van der Waals surface area contributed by atoms with Gasteiger partial charge in [0.2, 0.25) is 0 Å². The van der Waals surface area contributed by atoms with Crippen LogP contribution in [0.1, 0.15) is 50.9 Å². The number of nitrogens with two attached hydrogens (primary N) is 1. The summed E-state index contributed by atoms with van der Waals surface area (Å²) in [5.74, 6) is -8.30. The van der Waals surface area contributed by atoms with Gasteiger partial charge in [-0.3, -0.25) is 9.59 Å². The lowest BCUT2D eigenvalue weighted by Gasteiger charge is -2.36. The molecule has 0 aliphatic carbocycles. The molecule has 0 radical (unpaired) electrons. The summed E-state index contributed by atoms with van der Waals surface area (Å²) in [6.45, 7) is 1.50. The van der Waals surface area contributed by atoms with Crippen LogP contribution in [0.3, 0.4) is 0 Å². The third-order valence-electron chi connectivity index (χ3n) is 6.46. The summed E-state index contributed by atoms with van der Waals surface area (Å²) < 4.78 is 59.0. The molecule has 2 unspecified atom stereocenters. The van der Waals surface area contributed by atoms with Crippen LogP contribution in [0.4, 0.5) is 28.4 Å². The summed E-state index contributed by atoms with van der Waals surface area (Å²) in [6.07, 6.45) is 1.32. The van der Waals surface area contributed by atoms with Crippen molar-refractivity contribution in [3.63, 3.8) is 0 Å². The monoisotopic (exact) mass is 504 g/mol. The van der Waals surface area contributed by atoms with Crippen molar-refractivity contribution in [3.8, 4) is 0 Å². The molecule has 5 rings (SSSR count). The number of nitrogen functional groups attached to an aromatic ring is 1. The number of hydrogen-bond acceptors (Lipinski definition) is 5. The molecule has 3 aromatic rings. The molecule has 0 spiro atoms. The first-order chi connectivity index (χ1) is 16.6. The van der Waals surface area contributed by atoms with E-state index >= 15 is 8.78 Å². The van der Waals surface area contributed by atoms with Crippen molar-refractivity contribution in [2.24, 2.45) is 0 Å². The minimum absolute atomic E-state index is 0.243. The number of thiazole rings is 1. The molecule has 35 heavy (non-hydrogen) atoms. The summed E-state index contributed by atoms with van der Waals surface area (Å²) in [4.78, 5) is 31.8. The van der Waals surface area contributed by atoms with Gasteiger partial charge in [-0.15, -0.1) is 0 Å². The number of hydrogen-bond donors (Lipinski definition) is 2. The molecule has 0 saturated carbocycles. The fourth-order valence-corrected chi connectivity index (χ4v) is 5.77. The van der Waals surface area contributed by atoms with Crippen molar-refractivity contribution >= 4 is 34.0 Å². The average Bonchev–Trinajstić information content (AvgIpc) is 3.35. The molecule has 6 nitrogen and oxygen atoms in total. The number of nitrogens with zero attached hydrogens (tertiary/aromatic N) is 2. The van der Waals surface area contributed by atoms with E-state index in [0.717, 1.165) is 23.1 Å². The normalized spacial score (nSPS) is 18.9. The first-order valence-corrected chi connectivity index (χ1v) is 11.7. The third-order valence-corrected chi connectivity index (χ3v) is 7.49. The second-order valence-electron chi connectivity index (χ2n) is 8.71. The average molecular weight is 505 g/mol. The third kappa shape index (κ3) is 3.93. The Hall–Kier alpha value is -3.47. The van der Waals surface area contributed by atoms with Gasteiger partial charge >= 0.3 is 5.92 Å². The topological polar surface area (TPSA) is 88.3 Å². The van der Waals surface area contributed by atoms with E-state index in [4.69, 9.17) is 5.73 Å². The Bertz CT molecular complexity index is 1360. The number of halogens is 4. The molecule has 182 valence electrons. The minimum Gasteiger partial charge on any atom is -0.375 e. The lowest BCUT2D eigenvalue weighted by Crippen LogP contribution is -2.48. The maximum absolute atomic E-state index is 15.5. The van der Waals surface area contributed by atoms with Crippen molar-refractivity contribution in [1.29, 1.82) is 0 Å². The molecule has 3 heterocycles. The molecule has 3 N–H and O–H groups in total. The van der Waals surface area contributed by atoms with E-state index in [9.17, 15) is 18.4 Å². The number of aryl methyl sites for hydroxylation is 1. The lowest BCUT2D eigenvalue weighted by atomic mass is 9.99. The maximum atomic E-state index is 15.5. The Kier molecular flexibility index (Phi) is 5.54. The van der Waals surface area contributed by atoms with Crippen LogP contribution in [0, 0.1) is 18.6 Å². The van der Waals surface area contributed by atoms with Crippen molar-refractivity contribution in [3.05, 3.63) is 75.3 Å². The van der Waals surface area contributed by atoms with Gasteiger partial charge in [0.25, 0.3) is 11.8 Å². The molecule has 11 heteroatoms. The molecule has 2 aliphatic rings. The highest BCUT2D eigenvalue weighted by molar-refractivity contribution is 7.15. The quantitative estimate of drug-likeness (QED) is 0.493. The fraction of sp³-hybridized carbons (Fsp3) is 0.292. The van der Waals surface area contributed by atoms with Crippen molar-refractivity contribution < 1.29 is 27.2 Å². The smallest absolute Gasteiger partial charge is 0.352 e. The van der Waals surface area contributed by atoms with Crippen LogP contribution >= 0.6 is 11.3 Å². The predicted molar refractivity (Wildman–Crippen MR) is 122 cm³/mol. The summed E-state index contributed by atoms with van der Waals surface area (Å²) in [5, 5.41) is 2.78. The van der Waals surface area contributed by atoms with Gasteiger partial charge in [-0.2, -0.15) is 8.78 Å². The summed E-state index contributed by atoms with van der Waals surface area (Å²) in [6, 6.07) is 5.23. The van der Waals surface area contributed by atoms with E-state index in [1.807, 2.05) is 0 Å². The lowest BCUT2D eigenvalue weighted by molar-refractivity contribution is -0.163. The zero-order valence-electron chi connectivity index (χ0n) is 18.4. The van der Waals surface area contributed by atoms with Gasteiger partial charge in [-0.1, -0.05) is 11.3 Å². The predicted octanol–water partition coefficient (Wildman–Crippen LogP) is 4.94. The number of fused-ring (bicyclic) bond motifs is 4. The van der Waals surface area contributed by atoms with Crippen molar-refractivity contribution in [2.75, 3.05) is 11.1 Å². The number of benzene rings is 2.